The van der Waals surface area contributed by atoms with Crippen molar-refractivity contribution in [2.24, 2.45) is 5.10 Å². The SMILES string of the molecule is Cc1[nH]c2ccc(N/N=C\c3cc(N4CCOCC4)cc(OCCc4ccccn4)n3)cc2c1C. The highest BCUT2D eigenvalue weighted by atomic mass is 16.5. The van der Waals surface area contributed by atoms with Gasteiger partial charge < -0.3 is 19.4 Å². The summed E-state index contributed by atoms with van der Waals surface area (Å²) in [5.74, 6) is 0.575. The van der Waals surface area contributed by atoms with Gasteiger partial charge in [-0.05, 0) is 55.8 Å². The second kappa shape index (κ2) is 10.6. The van der Waals surface area contributed by atoms with Crippen LogP contribution in [0.2, 0.25) is 0 Å². The third kappa shape index (κ3) is 5.60. The number of anilines is 2. The number of pyridine rings is 2. The van der Waals surface area contributed by atoms with Crippen molar-refractivity contribution in [1.82, 2.24) is 15.0 Å². The summed E-state index contributed by atoms with van der Waals surface area (Å²) in [6.45, 7) is 7.80. The number of benzene rings is 1. The number of nitrogens with zero attached hydrogens (tertiary/aromatic N) is 4. The predicted molar refractivity (Wildman–Crippen MR) is 140 cm³/mol. The van der Waals surface area contributed by atoms with Crippen molar-refractivity contribution >= 4 is 28.5 Å². The Morgan fingerprint density at radius 3 is 2.86 bits per heavy atom. The number of aromatic nitrogens is 3. The molecule has 0 aliphatic carbocycles. The van der Waals surface area contributed by atoms with Gasteiger partial charge in [-0.25, -0.2) is 4.98 Å². The van der Waals surface area contributed by atoms with Crippen LogP contribution in [0.15, 0.2) is 59.8 Å². The normalized spacial score (nSPS) is 14.1. The molecule has 4 aromatic rings. The summed E-state index contributed by atoms with van der Waals surface area (Å²) < 4.78 is 11.5. The third-order valence-corrected chi connectivity index (χ3v) is 6.22. The van der Waals surface area contributed by atoms with Crippen LogP contribution in [0.4, 0.5) is 11.4 Å². The van der Waals surface area contributed by atoms with E-state index < -0.39 is 0 Å². The largest absolute Gasteiger partial charge is 0.477 e. The summed E-state index contributed by atoms with van der Waals surface area (Å²) in [5, 5.41) is 5.65. The number of nitrogens with one attached hydrogen (secondary N) is 2. The van der Waals surface area contributed by atoms with E-state index in [9.17, 15) is 0 Å². The number of hydrogen-bond acceptors (Lipinski definition) is 7. The molecule has 180 valence electrons. The minimum atomic E-state index is 0.501. The van der Waals surface area contributed by atoms with Crippen LogP contribution < -0.4 is 15.1 Å². The lowest BCUT2D eigenvalue weighted by Crippen LogP contribution is -2.36. The van der Waals surface area contributed by atoms with Gasteiger partial charge in [0.05, 0.1) is 37.4 Å². The van der Waals surface area contributed by atoms with Crippen molar-refractivity contribution in [2.45, 2.75) is 20.3 Å². The number of rotatable bonds is 8. The van der Waals surface area contributed by atoms with E-state index in [2.05, 4.69) is 56.4 Å². The van der Waals surface area contributed by atoms with Gasteiger partial charge in [0.2, 0.25) is 5.88 Å². The van der Waals surface area contributed by atoms with E-state index in [1.807, 2.05) is 36.4 Å². The Bertz CT molecular complexity index is 1310. The number of aromatic amines is 1. The number of H-pyrrole nitrogens is 1. The molecule has 1 aromatic carbocycles. The summed E-state index contributed by atoms with van der Waals surface area (Å²) in [5.41, 5.74) is 10.4. The zero-order valence-corrected chi connectivity index (χ0v) is 20.1. The Labute approximate surface area is 205 Å². The first-order chi connectivity index (χ1) is 17.2. The van der Waals surface area contributed by atoms with E-state index in [0.717, 1.165) is 47.8 Å². The van der Waals surface area contributed by atoms with Crippen molar-refractivity contribution in [3.63, 3.8) is 0 Å². The van der Waals surface area contributed by atoms with Gasteiger partial charge in [-0.3, -0.25) is 10.4 Å². The topological polar surface area (TPSA) is 87.7 Å². The summed E-state index contributed by atoms with van der Waals surface area (Å²) >= 11 is 0. The molecule has 1 aliphatic heterocycles. The molecule has 3 aromatic heterocycles. The fourth-order valence-electron chi connectivity index (χ4n) is 4.17. The maximum Gasteiger partial charge on any atom is 0.215 e. The molecule has 0 unspecified atom stereocenters. The van der Waals surface area contributed by atoms with Crippen LogP contribution in [-0.2, 0) is 11.2 Å². The molecule has 4 heterocycles. The molecule has 1 saturated heterocycles. The summed E-state index contributed by atoms with van der Waals surface area (Å²) in [7, 11) is 0. The lowest BCUT2D eigenvalue weighted by molar-refractivity contribution is 0.122. The second-order valence-corrected chi connectivity index (χ2v) is 8.61. The van der Waals surface area contributed by atoms with Gasteiger partial charge in [0.15, 0.2) is 0 Å². The molecule has 8 heteroatoms. The van der Waals surface area contributed by atoms with Gasteiger partial charge in [0.1, 0.15) is 0 Å². The van der Waals surface area contributed by atoms with Crippen LogP contribution >= 0.6 is 0 Å². The van der Waals surface area contributed by atoms with Gasteiger partial charge in [-0.1, -0.05) is 6.07 Å². The van der Waals surface area contributed by atoms with Crippen LogP contribution in [0.1, 0.15) is 22.6 Å². The van der Waals surface area contributed by atoms with Crippen molar-refractivity contribution in [1.29, 1.82) is 0 Å². The number of ether oxygens (including phenoxy) is 2. The van der Waals surface area contributed by atoms with Crippen LogP contribution in [0.3, 0.4) is 0 Å². The average Bonchev–Trinajstić information content (AvgIpc) is 3.18. The number of aryl methyl sites for hydroxylation is 2. The highest BCUT2D eigenvalue weighted by molar-refractivity contribution is 5.87. The first-order valence-corrected chi connectivity index (χ1v) is 11.9. The Kier molecular flexibility index (Phi) is 6.90. The molecule has 1 aliphatic rings. The first kappa shape index (κ1) is 22.9. The van der Waals surface area contributed by atoms with Crippen molar-refractivity contribution < 1.29 is 9.47 Å². The molecule has 5 rings (SSSR count). The number of fused-ring (bicyclic) bond motifs is 1. The monoisotopic (exact) mass is 470 g/mol. The number of hydrazone groups is 1. The van der Waals surface area contributed by atoms with Gasteiger partial charge >= 0.3 is 0 Å². The van der Waals surface area contributed by atoms with Crippen molar-refractivity contribution in [2.75, 3.05) is 43.2 Å². The smallest absolute Gasteiger partial charge is 0.215 e. The van der Waals surface area contributed by atoms with E-state index in [4.69, 9.17) is 9.47 Å². The summed E-state index contributed by atoms with van der Waals surface area (Å²) in [6.07, 6.45) is 4.25. The highest BCUT2D eigenvalue weighted by Crippen LogP contribution is 2.25. The number of hydrogen-bond donors (Lipinski definition) is 2. The molecule has 8 nitrogen and oxygen atoms in total. The Morgan fingerprint density at radius 2 is 2.03 bits per heavy atom. The lowest BCUT2D eigenvalue weighted by Gasteiger charge is -2.29. The van der Waals surface area contributed by atoms with E-state index in [1.165, 1.54) is 16.6 Å². The van der Waals surface area contributed by atoms with Gasteiger partial charge in [-0.2, -0.15) is 5.10 Å². The number of morpholine rings is 1. The van der Waals surface area contributed by atoms with Crippen LogP contribution in [0.5, 0.6) is 5.88 Å². The maximum atomic E-state index is 6.02. The van der Waals surface area contributed by atoms with Gasteiger partial charge in [0.25, 0.3) is 0 Å². The molecule has 35 heavy (non-hydrogen) atoms. The van der Waals surface area contributed by atoms with E-state index in [1.54, 1.807) is 12.4 Å². The minimum Gasteiger partial charge on any atom is -0.477 e. The molecule has 0 atom stereocenters. The second-order valence-electron chi connectivity index (χ2n) is 8.61. The molecule has 0 amide bonds. The van der Waals surface area contributed by atoms with E-state index in [-0.39, 0.29) is 0 Å². The molecule has 1 fully saturated rings. The maximum absolute atomic E-state index is 6.02. The van der Waals surface area contributed by atoms with Gasteiger partial charge in [0, 0.05) is 59.8 Å². The quantitative estimate of drug-likeness (QED) is 0.292. The first-order valence-electron chi connectivity index (χ1n) is 11.9. The highest BCUT2D eigenvalue weighted by Gasteiger charge is 2.14. The van der Waals surface area contributed by atoms with Crippen molar-refractivity contribution in [3.8, 4) is 5.88 Å². The van der Waals surface area contributed by atoms with Crippen LogP contribution in [0, 0.1) is 13.8 Å². The average molecular weight is 471 g/mol. The fourth-order valence-corrected chi connectivity index (χ4v) is 4.17. The van der Waals surface area contributed by atoms with Crippen LogP contribution in [-0.4, -0.2) is 54.1 Å². The summed E-state index contributed by atoms with van der Waals surface area (Å²) in [6, 6.07) is 16.1. The zero-order valence-electron chi connectivity index (χ0n) is 20.1. The Hall–Kier alpha value is -3.91. The zero-order chi connectivity index (χ0) is 24.0. The molecular formula is C27H30N6O2. The molecular weight excluding hydrogens is 440 g/mol. The molecule has 0 spiro atoms. The summed E-state index contributed by atoms with van der Waals surface area (Å²) in [4.78, 5) is 14.7. The van der Waals surface area contributed by atoms with E-state index >= 15 is 0 Å². The Morgan fingerprint density at radius 1 is 1.14 bits per heavy atom. The minimum absolute atomic E-state index is 0.501. The molecule has 0 bridgehead atoms. The van der Waals surface area contributed by atoms with Crippen LogP contribution in [0.25, 0.3) is 10.9 Å². The van der Waals surface area contributed by atoms with E-state index in [0.29, 0.717) is 25.7 Å². The fraction of sp³-hybridized carbons (Fsp3) is 0.296. The molecule has 0 radical (unpaired) electrons. The third-order valence-electron chi connectivity index (χ3n) is 6.22. The van der Waals surface area contributed by atoms with Gasteiger partial charge in [-0.15, -0.1) is 0 Å². The molecule has 2 N–H and O–H groups in total. The standard InChI is InChI=1S/C27H30N6O2/c1-19-20(2)30-26-7-6-22(16-25(19)26)32-29-18-23-15-24(33-10-13-34-14-11-33)17-27(31-23)35-12-8-21-5-3-4-9-28-21/h3-7,9,15-18,30,32H,8,10-14H2,1-2H3/b29-18-. The predicted octanol–water partition coefficient (Wildman–Crippen LogP) is 4.48. The van der Waals surface area contributed by atoms with Crippen molar-refractivity contribution in [3.05, 3.63) is 77.4 Å². The lowest BCUT2D eigenvalue weighted by atomic mass is 10.1. The molecule has 0 saturated carbocycles. The Balaban J connectivity index is 1.32.